The normalized spacial score (nSPS) is 26.4. The van der Waals surface area contributed by atoms with Crippen molar-refractivity contribution in [3.05, 3.63) is 35.9 Å². The number of rotatable bonds is 6. The maximum absolute atomic E-state index is 12.6. The minimum absolute atomic E-state index is 0.0589. The van der Waals surface area contributed by atoms with Crippen LogP contribution in [-0.2, 0) is 19.5 Å². The highest BCUT2D eigenvalue weighted by molar-refractivity contribution is 7.89. The number of hydrogen-bond acceptors (Lipinski definition) is 4. The molecule has 23 heavy (non-hydrogen) atoms. The molecule has 6 heteroatoms. The number of ether oxygens (including phenoxy) is 2. The van der Waals surface area contributed by atoms with Gasteiger partial charge in [-0.15, -0.1) is 0 Å². The highest BCUT2D eigenvalue weighted by atomic mass is 32.2. The van der Waals surface area contributed by atoms with Gasteiger partial charge in [0.25, 0.3) is 0 Å². The Balaban J connectivity index is 1.54. The Kier molecular flexibility index (Phi) is 5.69. The Morgan fingerprint density at radius 2 is 2.04 bits per heavy atom. The second-order valence-corrected chi connectivity index (χ2v) is 8.37. The molecule has 0 aliphatic carbocycles. The highest BCUT2D eigenvalue weighted by Gasteiger charge is 2.29. The summed E-state index contributed by atoms with van der Waals surface area (Å²) in [6.07, 6.45) is 2.88. The largest absolute Gasteiger partial charge is 0.379 e. The second-order valence-electron chi connectivity index (χ2n) is 6.28. The minimum atomic E-state index is -3.25. The standard InChI is InChI=1S/C17H25NO4S/c19-23(20,12-11-22-17-8-10-21-14-17)18-9-4-7-16(13-18)15-5-2-1-3-6-15/h1-3,5-6,16-17H,4,7-14H2. The molecule has 5 nitrogen and oxygen atoms in total. The van der Waals surface area contributed by atoms with E-state index in [1.807, 2.05) is 18.2 Å². The quantitative estimate of drug-likeness (QED) is 0.795. The molecule has 1 aromatic carbocycles. The van der Waals surface area contributed by atoms with Crippen LogP contribution in [0.15, 0.2) is 30.3 Å². The van der Waals surface area contributed by atoms with Crippen LogP contribution in [0.5, 0.6) is 0 Å². The van der Waals surface area contributed by atoms with Gasteiger partial charge >= 0.3 is 0 Å². The molecule has 128 valence electrons. The lowest BCUT2D eigenvalue weighted by molar-refractivity contribution is 0.0515. The summed E-state index contributed by atoms with van der Waals surface area (Å²) in [6.45, 7) is 2.75. The number of nitrogens with zero attached hydrogens (tertiary/aromatic N) is 1. The van der Waals surface area contributed by atoms with E-state index in [1.165, 1.54) is 5.56 Å². The zero-order chi connectivity index (χ0) is 16.1. The van der Waals surface area contributed by atoms with Crippen LogP contribution < -0.4 is 0 Å². The smallest absolute Gasteiger partial charge is 0.216 e. The predicted octanol–water partition coefficient (Wildman–Crippen LogP) is 2.00. The summed E-state index contributed by atoms with van der Waals surface area (Å²) in [5, 5.41) is 0. The van der Waals surface area contributed by atoms with Gasteiger partial charge in [0.05, 0.1) is 25.1 Å². The Bertz CT molecular complexity index is 584. The van der Waals surface area contributed by atoms with Gasteiger partial charge in [-0.2, -0.15) is 0 Å². The molecular weight excluding hydrogens is 314 g/mol. The van der Waals surface area contributed by atoms with Gasteiger partial charge < -0.3 is 9.47 Å². The van der Waals surface area contributed by atoms with Gasteiger partial charge in [-0.3, -0.25) is 0 Å². The fourth-order valence-corrected chi connectivity index (χ4v) is 4.67. The van der Waals surface area contributed by atoms with Crippen molar-refractivity contribution in [2.75, 3.05) is 38.7 Å². The minimum Gasteiger partial charge on any atom is -0.379 e. The third kappa shape index (κ3) is 4.53. The lowest BCUT2D eigenvalue weighted by Gasteiger charge is -2.32. The summed E-state index contributed by atoms with van der Waals surface area (Å²) < 4.78 is 37.6. The second kappa shape index (κ2) is 7.75. The number of benzene rings is 1. The van der Waals surface area contributed by atoms with Gasteiger partial charge in [0.15, 0.2) is 0 Å². The van der Waals surface area contributed by atoms with Crippen LogP contribution in [0.4, 0.5) is 0 Å². The topological polar surface area (TPSA) is 55.8 Å². The first-order valence-electron chi connectivity index (χ1n) is 8.37. The van der Waals surface area contributed by atoms with Crippen LogP contribution in [0.25, 0.3) is 0 Å². The number of piperidine rings is 1. The van der Waals surface area contributed by atoms with E-state index in [1.54, 1.807) is 4.31 Å². The summed E-state index contributed by atoms with van der Waals surface area (Å²) >= 11 is 0. The zero-order valence-corrected chi connectivity index (χ0v) is 14.2. The molecule has 3 rings (SSSR count). The number of sulfonamides is 1. The lowest BCUT2D eigenvalue weighted by atomic mass is 9.92. The van der Waals surface area contributed by atoms with E-state index < -0.39 is 10.0 Å². The van der Waals surface area contributed by atoms with E-state index in [4.69, 9.17) is 9.47 Å². The Labute approximate surface area is 138 Å². The van der Waals surface area contributed by atoms with Crippen LogP contribution in [0.1, 0.15) is 30.7 Å². The molecule has 0 spiro atoms. The van der Waals surface area contributed by atoms with Crippen LogP contribution >= 0.6 is 0 Å². The van der Waals surface area contributed by atoms with Gasteiger partial charge in [-0.1, -0.05) is 30.3 Å². The maximum Gasteiger partial charge on any atom is 0.216 e. The molecule has 1 aromatic rings. The van der Waals surface area contributed by atoms with Crippen LogP contribution in [0, 0.1) is 0 Å². The van der Waals surface area contributed by atoms with Crippen LogP contribution in [0.3, 0.4) is 0 Å². The monoisotopic (exact) mass is 339 g/mol. The molecule has 2 atom stereocenters. The number of hydrogen-bond donors (Lipinski definition) is 0. The summed E-state index contributed by atoms with van der Waals surface area (Å²) in [4.78, 5) is 0. The van der Waals surface area contributed by atoms with E-state index in [2.05, 4.69) is 12.1 Å². The van der Waals surface area contributed by atoms with Crippen molar-refractivity contribution in [1.29, 1.82) is 0 Å². The summed E-state index contributed by atoms with van der Waals surface area (Å²) in [5.41, 5.74) is 1.23. The molecule has 0 bridgehead atoms. The molecule has 0 saturated carbocycles. The fourth-order valence-electron chi connectivity index (χ4n) is 3.29. The fraction of sp³-hybridized carbons (Fsp3) is 0.647. The van der Waals surface area contributed by atoms with Crippen molar-refractivity contribution >= 4 is 10.0 Å². The van der Waals surface area contributed by atoms with Gasteiger partial charge in [0, 0.05) is 19.7 Å². The Morgan fingerprint density at radius 1 is 1.22 bits per heavy atom. The lowest BCUT2D eigenvalue weighted by Crippen LogP contribution is -2.41. The molecule has 2 aliphatic rings. The SMILES string of the molecule is O=S(=O)(CCOC1CCOC1)N1CCCC(c2ccccc2)C1. The molecule has 2 aliphatic heterocycles. The molecule has 2 unspecified atom stereocenters. The van der Waals surface area contributed by atoms with Gasteiger partial charge in [-0.25, -0.2) is 12.7 Å². The van der Waals surface area contributed by atoms with Crippen LogP contribution in [0.2, 0.25) is 0 Å². The van der Waals surface area contributed by atoms with E-state index in [9.17, 15) is 8.42 Å². The van der Waals surface area contributed by atoms with E-state index in [0.717, 1.165) is 19.3 Å². The third-order valence-electron chi connectivity index (χ3n) is 4.63. The molecule has 2 fully saturated rings. The average molecular weight is 339 g/mol. The molecule has 0 aromatic heterocycles. The summed E-state index contributed by atoms with van der Waals surface area (Å²) in [5.74, 6) is 0.356. The predicted molar refractivity (Wildman–Crippen MR) is 89.0 cm³/mol. The van der Waals surface area contributed by atoms with Gasteiger partial charge in [0.1, 0.15) is 0 Å². The summed E-state index contributed by atoms with van der Waals surface area (Å²) in [7, 11) is -3.25. The molecule has 0 radical (unpaired) electrons. The van der Waals surface area contributed by atoms with Crippen molar-refractivity contribution in [2.45, 2.75) is 31.3 Å². The highest BCUT2D eigenvalue weighted by Crippen LogP contribution is 2.28. The first-order valence-corrected chi connectivity index (χ1v) is 9.98. The zero-order valence-electron chi connectivity index (χ0n) is 13.4. The van der Waals surface area contributed by atoms with Crippen molar-refractivity contribution in [3.63, 3.8) is 0 Å². The molecule has 0 amide bonds. The molecule has 2 saturated heterocycles. The third-order valence-corrected chi connectivity index (χ3v) is 6.43. The van der Waals surface area contributed by atoms with Crippen molar-refractivity contribution in [1.82, 2.24) is 4.31 Å². The molecule has 0 N–H and O–H groups in total. The maximum atomic E-state index is 12.6. The van der Waals surface area contributed by atoms with E-state index in [-0.39, 0.29) is 18.5 Å². The Morgan fingerprint density at radius 3 is 2.78 bits per heavy atom. The first kappa shape index (κ1) is 16.9. The molecule has 2 heterocycles. The van der Waals surface area contributed by atoms with Gasteiger partial charge in [-0.05, 0) is 30.7 Å². The average Bonchev–Trinajstić information content (AvgIpc) is 3.09. The van der Waals surface area contributed by atoms with Crippen molar-refractivity contribution in [3.8, 4) is 0 Å². The van der Waals surface area contributed by atoms with Crippen LogP contribution in [-0.4, -0.2) is 57.5 Å². The van der Waals surface area contributed by atoms with Crippen molar-refractivity contribution < 1.29 is 17.9 Å². The first-order chi connectivity index (χ1) is 11.1. The van der Waals surface area contributed by atoms with E-state index in [0.29, 0.717) is 32.2 Å². The Hall–Kier alpha value is -0.950. The molecular formula is C17H25NO4S. The van der Waals surface area contributed by atoms with Gasteiger partial charge in [0.2, 0.25) is 10.0 Å². The van der Waals surface area contributed by atoms with E-state index >= 15 is 0 Å². The summed E-state index contributed by atoms with van der Waals surface area (Å²) in [6, 6.07) is 10.2. The van der Waals surface area contributed by atoms with Crippen molar-refractivity contribution in [2.24, 2.45) is 0 Å².